The summed E-state index contributed by atoms with van der Waals surface area (Å²) in [6.07, 6.45) is -4.50. The molecule has 0 aliphatic rings. The van der Waals surface area contributed by atoms with E-state index in [4.69, 9.17) is 15.0 Å². The molecule has 8 aromatic rings. The number of benzene rings is 6. The van der Waals surface area contributed by atoms with Gasteiger partial charge in [0.05, 0.1) is 16.6 Å². The average Bonchev–Trinajstić information content (AvgIpc) is 3.43. The van der Waals surface area contributed by atoms with Crippen LogP contribution in [-0.4, -0.2) is 19.5 Å². The van der Waals surface area contributed by atoms with Gasteiger partial charge in [-0.25, -0.2) is 15.0 Å². The van der Waals surface area contributed by atoms with Crippen LogP contribution in [0.2, 0.25) is 0 Å². The van der Waals surface area contributed by atoms with Gasteiger partial charge < -0.3 is 4.57 Å². The van der Waals surface area contributed by atoms with E-state index < -0.39 is 11.7 Å². The Morgan fingerprint density at radius 2 is 1.00 bits per heavy atom. The molecule has 2 aromatic heterocycles. The van der Waals surface area contributed by atoms with Gasteiger partial charge in [0.2, 0.25) is 0 Å². The van der Waals surface area contributed by atoms with Gasteiger partial charge in [0.15, 0.2) is 17.5 Å². The Balaban J connectivity index is 1.44. The summed E-state index contributed by atoms with van der Waals surface area (Å²) in [4.78, 5) is 14.8. The molecule has 0 saturated heterocycles. The number of aryl methyl sites for hydroxylation is 2. The second-order valence-corrected chi connectivity index (χ2v) is 12.2. The highest BCUT2D eigenvalue weighted by Gasteiger charge is 2.31. The average molecular weight is 647 g/mol. The Labute approximate surface area is 281 Å². The fourth-order valence-corrected chi connectivity index (χ4v) is 6.42. The van der Waals surface area contributed by atoms with Crippen LogP contribution in [0.5, 0.6) is 0 Å². The lowest BCUT2D eigenvalue weighted by Gasteiger charge is -2.16. The quantitative estimate of drug-likeness (QED) is 0.187. The number of hydrogen-bond donors (Lipinski definition) is 0. The molecule has 0 radical (unpaired) electrons. The lowest BCUT2D eigenvalue weighted by Crippen LogP contribution is -2.05. The van der Waals surface area contributed by atoms with Gasteiger partial charge >= 0.3 is 6.18 Å². The number of hydrogen-bond acceptors (Lipinski definition) is 3. The Hall–Kier alpha value is -6.08. The minimum absolute atomic E-state index is 0.357. The molecule has 2 heterocycles. The number of rotatable bonds is 5. The van der Waals surface area contributed by atoms with Gasteiger partial charge in [0.1, 0.15) is 0 Å². The molecule has 0 unspecified atom stereocenters. The number of halogens is 3. The molecular weight excluding hydrogens is 617 g/mol. The van der Waals surface area contributed by atoms with Gasteiger partial charge in [0.25, 0.3) is 0 Å². The first-order valence-electron chi connectivity index (χ1n) is 15.9. The zero-order valence-electron chi connectivity index (χ0n) is 26.7. The van der Waals surface area contributed by atoms with E-state index in [1.165, 1.54) is 12.1 Å². The topological polar surface area (TPSA) is 43.6 Å². The lowest BCUT2D eigenvalue weighted by atomic mass is 9.96. The minimum Gasteiger partial charge on any atom is -0.309 e. The Morgan fingerprint density at radius 3 is 1.55 bits per heavy atom. The second kappa shape index (κ2) is 11.9. The fraction of sp³-hybridized carbons (Fsp3) is 0.0714. The summed E-state index contributed by atoms with van der Waals surface area (Å²) in [6, 6.07) is 43.3. The van der Waals surface area contributed by atoms with Crippen molar-refractivity contribution in [1.29, 1.82) is 0 Å². The minimum atomic E-state index is -4.50. The molecule has 0 amide bonds. The zero-order valence-corrected chi connectivity index (χ0v) is 26.7. The number of aromatic nitrogens is 4. The van der Waals surface area contributed by atoms with E-state index in [9.17, 15) is 13.2 Å². The summed E-state index contributed by atoms with van der Waals surface area (Å²) in [5.74, 6) is 1.29. The van der Waals surface area contributed by atoms with Gasteiger partial charge in [-0.15, -0.1) is 0 Å². The van der Waals surface area contributed by atoms with Crippen LogP contribution in [0, 0.1) is 13.8 Å². The smallest absolute Gasteiger partial charge is 0.309 e. The van der Waals surface area contributed by atoms with Gasteiger partial charge in [-0.1, -0.05) is 103 Å². The first kappa shape index (κ1) is 30.3. The lowest BCUT2D eigenvalue weighted by molar-refractivity contribution is -0.137. The third-order valence-electron chi connectivity index (χ3n) is 8.78. The molecule has 7 heteroatoms. The molecule has 0 bridgehead atoms. The highest BCUT2D eigenvalue weighted by atomic mass is 19.4. The van der Waals surface area contributed by atoms with Gasteiger partial charge in [0, 0.05) is 33.2 Å². The van der Waals surface area contributed by atoms with Crippen LogP contribution >= 0.6 is 0 Å². The zero-order chi connectivity index (χ0) is 33.7. The van der Waals surface area contributed by atoms with Crippen LogP contribution in [0.4, 0.5) is 13.2 Å². The maximum atomic E-state index is 14.0. The first-order chi connectivity index (χ1) is 23.7. The molecule has 0 saturated carbocycles. The van der Waals surface area contributed by atoms with Crippen molar-refractivity contribution in [3.05, 3.63) is 156 Å². The summed E-state index contributed by atoms with van der Waals surface area (Å²) in [5, 5.41) is 2.23. The number of nitrogens with zero attached hydrogens (tertiary/aromatic N) is 4. The summed E-state index contributed by atoms with van der Waals surface area (Å²) in [5.41, 5.74) is 7.58. The highest BCUT2D eigenvalue weighted by molar-refractivity contribution is 6.09. The van der Waals surface area contributed by atoms with Crippen molar-refractivity contribution in [3.63, 3.8) is 0 Å². The highest BCUT2D eigenvalue weighted by Crippen LogP contribution is 2.39. The van der Waals surface area contributed by atoms with Crippen molar-refractivity contribution in [2.75, 3.05) is 0 Å². The van der Waals surface area contributed by atoms with Crippen molar-refractivity contribution in [2.45, 2.75) is 20.0 Å². The van der Waals surface area contributed by atoms with Crippen LogP contribution in [0.25, 0.3) is 72.8 Å². The Morgan fingerprint density at radius 1 is 0.469 bits per heavy atom. The van der Waals surface area contributed by atoms with Crippen molar-refractivity contribution < 1.29 is 13.2 Å². The fourth-order valence-electron chi connectivity index (χ4n) is 6.42. The van der Waals surface area contributed by atoms with E-state index in [0.717, 1.165) is 55.8 Å². The summed E-state index contributed by atoms with van der Waals surface area (Å²) in [6.45, 7) is 4.13. The van der Waals surface area contributed by atoms with Crippen molar-refractivity contribution in [3.8, 4) is 51.0 Å². The summed E-state index contributed by atoms with van der Waals surface area (Å²) < 4.78 is 44.1. The van der Waals surface area contributed by atoms with Gasteiger partial charge in [-0.05, 0) is 72.5 Å². The number of alkyl halides is 3. The van der Waals surface area contributed by atoms with Crippen LogP contribution in [0.3, 0.4) is 0 Å². The molecule has 8 rings (SSSR count). The van der Waals surface area contributed by atoms with E-state index in [1.54, 1.807) is 6.07 Å². The van der Waals surface area contributed by atoms with Crippen molar-refractivity contribution in [2.24, 2.45) is 0 Å². The third-order valence-corrected chi connectivity index (χ3v) is 8.78. The molecule has 0 atom stereocenters. The number of fused-ring (bicyclic) bond motifs is 3. The Kier molecular flexibility index (Phi) is 7.33. The predicted molar refractivity (Wildman–Crippen MR) is 190 cm³/mol. The maximum Gasteiger partial charge on any atom is 0.416 e. The molecule has 0 N–H and O–H groups in total. The van der Waals surface area contributed by atoms with Crippen LogP contribution < -0.4 is 0 Å². The molecule has 4 nitrogen and oxygen atoms in total. The molecule has 0 aliphatic carbocycles. The first-order valence-corrected chi connectivity index (χ1v) is 15.9. The standard InChI is InChI=1S/C42H29F3N4/c1-26-16-19-34-35-20-17-27(2)23-38(35)49(37(34)22-26)32-18-21-33(30-14-9-15-31(24-30)42(43,44)45)36(25-32)41-47-39(28-10-5-3-6-11-28)46-40(48-41)29-12-7-4-8-13-29/h3-25H,1-2H3. The van der Waals surface area contributed by atoms with E-state index >= 15 is 0 Å². The normalized spacial score (nSPS) is 11.8. The van der Waals surface area contributed by atoms with Crippen molar-refractivity contribution >= 4 is 21.8 Å². The summed E-state index contributed by atoms with van der Waals surface area (Å²) in [7, 11) is 0. The van der Waals surface area contributed by atoms with Crippen LogP contribution in [0.1, 0.15) is 16.7 Å². The molecule has 6 aromatic carbocycles. The monoisotopic (exact) mass is 646 g/mol. The van der Waals surface area contributed by atoms with Gasteiger partial charge in [-0.2, -0.15) is 13.2 Å². The molecule has 0 aliphatic heterocycles. The van der Waals surface area contributed by atoms with Gasteiger partial charge in [-0.3, -0.25) is 0 Å². The molecule has 238 valence electrons. The van der Waals surface area contributed by atoms with Crippen molar-refractivity contribution in [1.82, 2.24) is 19.5 Å². The van der Waals surface area contributed by atoms with E-state index in [1.807, 2.05) is 78.9 Å². The molecule has 0 fully saturated rings. The second-order valence-electron chi connectivity index (χ2n) is 12.2. The third kappa shape index (κ3) is 5.63. The summed E-state index contributed by atoms with van der Waals surface area (Å²) >= 11 is 0. The van der Waals surface area contributed by atoms with E-state index in [-0.39, 0.29) is 0 Å². The van der Waals surface area contributed by atoms with Crippen LogP contribution in [-0.2, 0) is 6.18 Å². The van der Waals surface area contributed by atoms with E-state index in [0.29, 0.717) is 34.2 Å². The largest absolute Gasteiger partial charge is 0.416 e. The predicted octanol–water partition coefficient (Wildman–Crippen LogP) is 11.3. The maximum absolute atomic E-state index is 14.0. The molecule has 0 spiro atoms. The molecule has 49 heavy (non-hydrogen) atoms. The molecular formula is C42H29F3N4. The van der Waals surface area contributed by atoms with Crippen LogP contribution in [0.15, 0.2) is 140 Å². The van der Waals surface area contributed by atoms with E-state index in [2.05, 4.69) is 54.8 Å². The Bertz CT molecular complexity index is 2380. The SMILES string of the molecule is Cc1ccc2c3ccc(C)cc3n(-c3ccc(-c4cccc(C(F)(F)F)c4)c(-c4nc(-c5ccccc5)nc(-c5ccccc5)n4)c3)c2c1.